The summed E-state index contributed by atoms with van der Waals surface area (Å²) in [6.07, 6.45) is 5.55. The zero-order chi connectivity index (χ0) is 16.1. The van der Waals surface area contributed by atoms with E-state index < -0.39 is 0 Å². The lowest BCUT2D eigenvalue weighted by Gasteiger charge is -2.45. The van der Waals surface area contributed by atoms with E-state index in [4.69, 9.17) is 9.84 Å². The number of benzene rings is 2. The number of rotatable bonds is 1. The highest BCUT2D eigenvalue weighted by Crippen LogP contribution is 2.51. The molecule has 0 radical (unpaired) electrons. The summed E-state index contributed by atoms with van der Waals surface area (Å²) in [7, 11) is 0. The summed E-state index contributed by atoms with van der Waals surface area (Å²) in [5.41, 5.74) is 4.76. The van der Waals surface area contributed by atoms with Gasteiger partial charge in [-0.2, -0.15) is 5.10 Å². The van der Waals surface area contributed by atoms with Crippen molar-refractivity contribution in [2.75, 3.05) is 0 Å². The zero-order valence-corrected chi connectivity index (χ0v) is 14.0. The van der Waals surface area contributed by atoms with Crippen LogP contribution in [0.2, 0.25) is 0 Å². The van der Waals surface area contributed by atoms with Crippen molar-refractivity contribution in [2.24, 2.45) is 5.10 Å². The average Bonchev–Trinajstić information content (AvgIpc) is 3.24. The van der Waals surface area contributed by atoms with Crippen LogP contribution in [0.15, 0.2) is 53.6 Å². The van der Waals surface area contributed by atoms with Crippen molar-refractivity contribution in [3.05, 3.63) is 65.2 Å². The van der Waals surface area contributed by atoms with Crippen LogP contribution in [0.1, 0.15) is 54.8 Å². The summed E-state index contributed by atoms with van der Waals surface area (Å²) in [6, 6.07) is 17.5. The van der Waals surface area contributed by atoms with Gasteiger partial charge in [0.05, 0.1) is 11.8 Å². The molecule has 5 rings (SSSR count). The molecule has 1 aliphatic carbocycles. The fraction of sp³-hybridized carbons (Fsp3) is 0.381. The van der Waals surface area contributed by atoms with Crippen molar-refractivity contribution in [2.45, 2.75) is 50.8 Å². The minimum Gasteiger partial charge on any atom is -0.466 e. The van der Waals surface area contributed by atoms with Crippen LogP contribution in [0, 0.1) is 6.92 Å². The normalized spacial score (nSPS) is 23.6. The molecule has 1 fully saturated rings. The van der Waals surface area contributed by atoms with Crippen LogP contribution in [0.25, 0.3) is 0 Å². The van der Waals surface area contributed by atoms with Gasteiger partial charge in [-0.3, -0.25) is 0 Å². The predicted molar refractivity (Wildman–Crippen MR) is 95.2 cm³/mol. The van der Waals surface area contributed by atoms with Gasteiger partial charge in [0, 0.05) is 24.8 Å². The molecule has 1 spiro atoms. The van der Waals surface area contributed by atoms with E-state index in [1.165, 1.54) is 35.2 Å². The maximum Gasteiger partial charge on any atom is 0.198 e. The first-order valence-corrected chi connectivity index (χ1v) is 8.97. The van der Waals surface area contributed by atoms with Crippen molar-refractivity contribution in [1.82, 2.24) is 5.01 Å². The van der Waals surface area contributed by atoms with Gasteiger partial charge in [0.1, 0.15) is 5.75 Å². The Bertz CT molecular complexity index is 803. The lowest BCUT2D eigenvalue weighted by molar-refractivity contribution is -0.114. The second kappa shape index (κ2) is 5.10. The molecule has 2 aromatic rings. The monoisotopic (exact) mass is 318 g/mol. The molecule has 0 bridgehead atoms. The molecular formula is C21H22N2O. The molecule has 0 saturated heterocycles. The summed E-state index contributed by atoms with van der Waals surface area (Å²) in [5, 5.41) is 7.36. The molecule has 0 aromatic heterocycles. The van der Waals surface area contributed by atoms with Gasteiger partial charge in [-0.25, -0.2) is 5.01 Å². The van der Waals surface area contributed by atoms with Crippen LogP contribution >= 0.6 is 0 Å². The van der Waals surface area contributed by atoms with E-state index in [2.05, 4.69) is 60.5 Å². The van der Waals surface area contributed by atoms with Crippen LogP contribution in [0.5, 0.6) is 5.75 Å². The minimum absolute atomic E-state index is 0.231. The van der Waals surface area contributed by atoms with Crippen LogP contribution in [0.4, 0.5) is 0 Å². The van der Waals surface area contributed by atoms with Gasteiger partial charge in [-0.05, 0) is 31.4 Å². The lowest BCUT2D eigenvalue weighted by atomic mass is 9.94. The average molecular weight is 318 g/mol. The van der Waals surface area contributed by atoms with E-state index in [-0.39, 0.29) is 5.72 Å². The maximum atomic E-state index is 6.52. The maximum absolute atomic E-state index is 6.52. The number of para-hydroxylation sites is 1. The lowest BCUT2D eigenvalue weighted by Crippen LogP contribution is -2.51. The van der Waals surface area contributed by atoms with Crippen molar-refractivity contribution in [3.63, 3.8) is 0 Å². The molecule has 3 aliphatic rings. The Balaban J connectivity index is 1.59. The van der Waals surface area contributed by atoms with Gasteiger partial charge >= 0.3 is 0 Å². The second-order valence-electron chi connectivity index (χ2n) is 7.27. The predicted octanol–water partition coefficient (Wildman–Crippen LogP) is 4.81. The Morgan fingerprint density at radius 3 is 2.58 bits per heavy atom. The number of hydrogen-bond acceptors (Lipinski definition) is 3. The van der Waals surface area contributed by atoms with Gasteiger partial charge in [-0.15, -0.1) is 0 Å². The Labute approximate surface area is 142 Å². The number of hydrogen-bond donors (Lipinski definition) is 0. The first-order chi connectivity index (χ1) is 11.8. The molecule has 0 amide bonds. The number of fused-ring (bicyclic) bond motifs is 4. The molecule has 0 unspecified atom stereocenters. The molecular weight excluding hydrogens is 296 g/mol. The van der Waals surface area contributed by atoms with Crippen molar-refractivity contribution in [3.8, 4) is 5.75 Å². The summed E-state index contributed by atoms with van der Waals surface area (Å²) in [4.78, 5) is 0. The molecule has 3 nitrogen and oxygen atoms in total. The molecule has 2 aromatic carbocycles. The third-order valence-electron chi connectivity index (χ3n) is 5.68. The van der Waals surface area contributed by atoms with Gasteiger partial charge < -0.3 is 4.74 Å². The van der Waals surface area contributed by atoms with E-state index in [0.717, 1.165) is 25.0 Å². The number of hydrazone groups is 1. The number of ether oxygens (including phenoxy) is 1. The van der Waals surface area contributed by atoms with E-state index in [1.54, 1.807) is 0 Å². The fourth-order valence-electron chi connectivity index (χ4n) is 4.41. The SMILES string of the molecule is Cc1ccc(C2=NN3[C@H](C2)c2ccccc2OC32CCCC2)cc1. The van der Waals surface area contributed by atoms with Crippen LogP contribution < -0.4 is 4.74 Å². The standard InChI is InChI=1S/C21H22N2O/c1-15-8-10-16(11-9-15)18-14-19-17-6-2-3-7-20(17)24-21(23(19)22-18)12-4-5-13-21/h2-3,6-11,19H,4-5,12-14H2,1H3/t19-/m1/s1. The summed E-state index contributed by atoms with van der Waals surface area (Å²) in [6.45, 7) is 2.13. The molecule has 1 saturated carbocycles. The van der Waals surface area contributed by atoms with E-state index in [0.29, 0.717) is 6.04 Å². The molecule has 2 heterocycles. The third kappa shape index (κ3) is 2.00. The molecule has 1 atom stereocenters. The number of nitrogens with zero attached hydrogens (tertiary/aromatic N) is 2. The molecule has 3 heteroatoms. The van der Waals surface area contributed by atoms with Gasteiger partial charge in [0.15, 0.2) is 5.72 Å². The van der Waals surface area contributed by atoms with E-state index in [9.17, 15) is 0 Å². The smallest absolute Gasteiger partial charge is 0.198 e. The van der Waals surface area contributed by atoms with Gasteiger partial charge in [0.2, 0.25) is 0 Å². The summed E-state index contributed by atoms with van der Waals surface area (Å²) < 4.78 is 6.52. The number of aryl methyl sites for hydroxylation is 1. The van der Waals surface area contributed by atoms with Crippen molar-refractivity contribution < 1.29 is 4.74 Å². The van der Waals surface area contributed by atoms with E-state index >= 15 is 0 Å². The molecule has 0 N–H and O–H groups in total. The first-order valence-electron chi connectivity index (χ1n) is 8.97. The topological polar surface area (TPSA) is 24.8 Å². The summed E-state index contributed by atoms with van der Waals surface area (Å²) in [5.74, 6) is 1.06. The molecule has 122 valence electrons. The van der Waals surface area contributed by atoms with Gasteiger partial charge in [-0.1, -0.05) is 48.0 Å². The second-order valence-corrected chi connectivity index (χ2v) is 7.27. The Morgan fingerprint density at radius 1 is 1.04 bits per heavy atom. The highest BCUT2D eigenvalue weighted by Gasteiger charge is 2.51. The fourth-order valence-corrected chi connectivity index (χ4v) is 4.41. The highest BCUT2D eigenvalue weighted by atomic mass is 16.5. The van der Waals surface area contributed by atoms with Crippen LogP contribution in [-0.2, 0) is 0 Å². The largest absolute Gasteiger partial charge is 0.466 e. The third-order valence-corrected chi connectivity index (χ3v) is 5.68. The first kappa shape index (κ1) is 14.1. The van der Waals surface area contributed by atoms with E-state index in [1.807, 2.05) is 0 Å². The zero-order valence-electron chi connectivity index (χ0n) is 14.0. The van der Waals surface area contributed by atoms with Crippen LogP contribution in [-0.4, -0.2) is 16.4 Å². The van der Waals surface area contributed by atoms with Gasteiger partial charge in [0.25, 0.3) is 0 Å². The quantitative estimate of drug-likeness (QED) is 0.754. The Kier molecular flexibility index (Phi) is 2.99. The highest BCUT2D eigenvalue weighted by molar-refractivity contribution is 6.02. The van der Waals surface area contributed by atoms with Crippen molar-refractivity contribution in [1.29, 1.82) is 0 Å². The van der Waals surface area contributed by atoms with Crippen LogP contribution in [0.3, 0.4) is 0 Å². The Morgan fingerprint density at radius 2 is 1.79 bits per heavy atom. The minimum atomic E-state index is -0.231. The molecule has 2 aliphatic heterocycles. The Hall–Kier alpha value is -2.29. The summed E-state index contributed by atoms with van der Waals surface area (Å²) >= 11 is 0. The van der Waals surface area contributed by atoms with Crippen molar-refractivity contribution >= 4 is 5.71 Å². The molecule has 24 heavy (non-hydrogen) atoms.